The van der Waals surface area contributed by atoms with E-state index in [1.54, 1.807) is 6.20 Å². The maximum Gasteiger partial charge on any atom is 0.227 e. The van der Waals surface area contributed by atoms with Gasteiger partial charge in [-0.05, 0) is 24.6 Å². The fraction of sp³-hybridized carbons (Fsp3) is 0.421. The number of carbonyl (C=O) groups is 1. The van der Waals surface area contributed by atoms with Crippen LogP contribution < -0.4 is 10.6 Å². The van der Waals surface area contributed by atoms with Gasteiger partial charge in [-0.1, -0.05) is 18.2 Å². The Hall–Kier alpha value is -2.51. The molecule has 0 saturated carbocycles. The number of para-hydroxylation sites is 1. The van der Waals surface area contributed by atoms with Crippen molar-refractivity contribution in [3.8, 4) is 0 Å². The van der Waals surface area contributed by atoms with Gasteiger partial charge in [-0.25, -0.2) is 9.97 Å². The van der Waals surface area contributed by atoms with E-state index in [1.807, 2.05) is 36.4 Å². The van der Waals surface area contributed by atoms with E-state index in [9.17, 15) is 4.79 Å². The van der Waals surface area contributed by atoms with Crippen molar-refractivity contribution in [2.24, 2.45) is 0 Å². The van der Waals surface area contributed by atoms with E-state index in [2.05, 4.69) is 25.5 Å². The Morgan fingerprint density at radius 2 is 1.96 bits per heavy atom. The lowest BCUT2D eigenvalue weighted by atomic mass is 9.91. The van der Waals surface area contributed by atoms with Crippen LogP contribution in [0, 0.1) is 0 Å². The first-order valence-electron chi connectivity index (χ1n) is 9.04. The summed E-state index contributed by atoms with van der Waals surface area (Å²) < 4.78 is 5.42. The number of benzene rings is 1. The summed E-state index contributed by atoms with van der Waals surface area (Å²) in [7, 11) is 0. The van der Waals surface area contributed by atoms with Gasteiger partial charge in [-0.2, -0.15) is 0 Å². The topological polar surface area (TPSA) is 79.4 Å². The molecule has 2 saturated heterocycles. The first-order valence-corrected chi connectivity index (χ1v) is 9.04. The first kappa shape index (κ1) is 16.9. The third kappa shape index (κ3) is 4.00. The van der Waals surface area contributed by atoms with Gasteiger partial charge in [0.05, 0.1) is 19.4 Å². The zero-order valence-electron chi connectivity index (χ0n) is 14.6. The molecule has 2 fully saturated rings. The van der Waals surface area contributed by atoms with Gasteiger partial charge in [0.25, 0.3) is 0 Å². The van der Waals surface area contributed by atoms with E-state index in [-0.39, 0.29) is 18.0 Å². The Morgan fingerprint density at radius 3 is 2.77 bits per heavy atom. The van der Waals surface area contributed by atoms with E-state index in [1.165, 1.54) is 0 Å². The van der Waals surface area contributed by atoms with E-state index < -0.39 is 0 Å². The fourth-order valence-corrected chi connectivity index (χ4v) is 3.55. The number of amides is 1. The number of hydrogen-bond donors (Lipinski definition) is 2. The molecule has 2 aliphatic rings. The van der Waals surface area contributed by atoms with Crippen molar-refractivity contribution in [2.45, 2.75) is 24.9 Å². The molecule has 4 rings (SSSR count). The number of carbonyl (C=O) groups excluding carboxylic acids is 1. The predicted molar refractivity (Wildman–Crippen MR) is 98.1 cm³/mol. The number of rotatable bonds is 4. The monoisotopic (exact) mass is 353 g/mol. The van der Waals surface area contributed by atoms with E-state index in [4.69, 9.17) is 4.74 Å². The molecule has 26 heavy (non-hydrogen) atoms. The lowest BCUT2D eigenvalue weighted by Crippen LogP contribution is -2.55. The Morgan fingerprint density at radius 1 is 1.15 bits per heavy atom. The van der Waals surface area contributed by atoms with Crippen molar-refractivity contribution in [1.29, 1.82) is 0 Å². The second-order valence-corrected chi connectivity index (χ2v) is 6.66. The molecule has 2 N–H and O–H groups in total. The number of aromatic nitrogens is 2. The fourth-order valence-electron chi connectivity index (χ4n) is 3.55. The maximum absolute atomic E-state index is 12.2. The van der Waals surface area contributed by atoms with E-state index in [0.717, 1.165) is 44.1 Å². The highest BCUT2D eigenvalue weighted by molar-refractivity contribution is 5.78. The lowest BCUT2D eigenvalue weighted by Gasteiger charge is -2.39. The first-order chi connectivity index (χ1) is 12.8. The molecule has 0 radical (unpaired) electrons. The molecule has 0 aliphatic carbocycles. The highest BCUT2D eigenvalue weighted by atomic mass is 16.5. The van der Waals surface area contributed by atoms with Crippen molar-refractivity contribution < 1.29 is 9.53 Å². The van der Waals surface area contributed by atoms with Crippen LogP contribution in [0.1, 0.15) is 24.5 Å². The van der Waals surface area contributed by atoms with Gasteiger partial charge >= 0.3 is 0 Å². The molecule has 1 aromatic heterocycles. The number of nitrogens with one attached hydrogen (secondary N) is 2. The summed E-state index contributed by atoms with van der Waals surface area (Å²) in [5.74, 6) is 0.729. The molecular formula is C19H23N5O2. The summed E-state index contributed by atoms with van der Waals surface area (Å²) in [5.41, 5.74) is 1.85. The molecule has 0 spiro atoms. The van der Waals surface area contributed by atoms with Gasteiger partial charge in [-0.15, -0.1) is 0 Å². The zero-order chi connectivity index (χ0) is 17.8. The minimum Gasteiger partial charge on any atom is -0.379 e. The number of anilines is 2. The third-order valence-corrected chi connectivity index (χ3v) is 4.88. The van der Waals surface area contributed by atoms with Crippen LogP contribution in [-0.4, -0.2) is 53.2 Å². The summed E-state index contributed by atoms with van der Waals surface area (Å²) in [4.78, 5) is 23.5. The zero-order valence-corrected chi connectivity index (χ0v) is 14.6. The SMILES string of the molecule is O=C1CC(c2ccnc(Nc3ccccc3)n2)CC(N2CCOCC2)N1. The molecular weight excluding hydrogens is 330 g/mol. The smallest absolute Gasteiger partial charge is 0.227 e. The van der Waals surface area contributed by atoms with Crippen molar-refractivity contribution in [2.75, 3.05) is 31.6 Å². The predicted octanol–water partition coefficient (Wildman–Crippen LogP) is 1.87. The molecule has 2 aliphatic heterocycles. The van der Waals surface area contributed by atoms with Gasteiger partial charge in [0.2, 0.25) is 11.9 Å². The maximum atomic E-state index is 12.2. The van der Waals surface area contributed by atoms with Crippen LogP contribution in [-0.2, 0) is 9.53 Å². The number of morpholine rings is 1. The van der Waals surface area contributed by atoms with Crippen molar-refractivity contribution >= 4 is 17.5 Å². The van der Waals surface area contributed by atoms with Crippen molar-refractivity contribution in [3.63, 3.8) is 0 Å². The molecule has 7 heteroatoms. The Bertz CT molecular complexity index is 749. The van der Waals surface area contributed by atoms with Crippen LogP contribution in [0.15, 0.2) is 42.6 Å². The van der Waals surface area contributed by atoms with Crippen molar-refractivity contribution in [1.82, 2.24) is 20.2 Å². The molecule has 7 nitrogen and oxygen atoms in total. The van der Waals surface area contributed by atoms with E-state index in [0.29, 0.717) is 12.4 Å². The van der Waals surface area contributed by atoms with Gasteiger partial charge in [0, 0.05) is 43.0 Å². The Labute approximate surface area is 152 Å². The second kappa shape index (κ2) is 7.80. The van der Waals surface area contributed by atoms with Gasteiger partial charge < -0.3 is 15.4 Å². The molecule has 2 aromatic rings. The van der Waals surface area contributed by atoms with Gasteiger partial charge in [0.15, 0.2) is 0 Å². The Balaban J connectivity index is 1.49. The summed E-state index contributed by atoms with van der Waals surface area (Å²) in [6.45, 7) is 3.13. The molecule has 0 bridgehead atoms. The van der Waals surface area contributed by atoms with E-state index >= 15 is 0 Å². The average molecular weight is 353 g/mol. The number of ether oxygens (including phenoxy) is 1. The molecule has 1 aromatic carbocycles. The summed E-state index contributed by atoms with van der Waals surface area (Å²) in [5, 5.41) is 6.33. The lowest BCUT2D eigenvalue weighted by molar-refractivity contribution is -0.127. The minimum absolute atomic E-state index is 0.0469. The molecule has 2 unspecified atom stereocenters. The standard InChI is InChI=1S/C19H23N5O2/c25-18-13-14(12-17(23-18)24-8-10-26-11-9-24)16-6-7-20-19(22-16)21-15-4-2-1-3-5-15/h1-7,14,17H,8-13H2,(H,23,25)(H,20,21,22). The summed E-state index contributed by atoms with van der Waals surface area (Å²) >= 11 is 0. The largest absolute Gasteiger partial charge is 0.379 e. The van der Waals surface area contributed by atoms with Gasteiger partial charge in [0.1, 0.15) is 0 Å². The quantitative estimate of drug-likeness (QED) is 0.874. The van der Waals surface area contributed by atoms with Crippen molar-refractivity contribution in [3.05, 3.63) is 48.3 Å². The summed E-state index contributed by atoms with van der Waals surface area (Å²) in [6.07, 6.45) is 3.12. The highest BCUT2D eigenvalue weighted by Gasteiger charge is 2.32. The molecule has 3 heterocycles. The van der Waals surface area contributed by atoms with Crippen LogP contribution in [0.5, 0.6) is 0 Å². The number of nitrogens with zero attached hydrogens (tertiary/aromatic N) is 3. The van der Waals surface area contributed by atoms with Crippen LogP contribution in [0.3, 0.4) is 0 Å². The van der Waals surface area contributed by atoms with Crippen LogP contribution in [0.25, 0.3) is 0 Å². The second-order valence-electron chi connectivity index (χ2n) is 6.66. The normalized spacial score (nSPS) is 24.1. The number of piperidine rings is 1. The van der Waals surface area contributed by atoms with Gasteiger partial charge in [-0.3, -0.25) is 9.69 Å². The van der Waals surface area contributed by atoms with Crippen LogP contribution in [0.4, 0.5) is 11.6 Å². The molecule has 1 amide bonds. The van der Waals surface area contributed by atoms with Crippen LogP contribution >= 0.6 is 0 Å². The minimum atomic E-state index is 0.0469. The Kier molecular flexibility index (Phi) is 5.08. The average Bonchev–Trinajstić information content (AvgIpc) is 2.69. The molecule has 136 valence electrons. The van der Waals surface area contributed by atoms with Crippen LogP contribution in [0.2, 0.25) is 0 Å². The third-order valence-electron chi connectivity index (χ3n) is 4.88. The molecule has 2 atom stereocenters. The number of hydrogen-bond acceptors (Lipinski definition) is 6. The summed E-state index contributed by atoms with van der Waals surface area (Å²) in [6, 6.07) is 11.7. The highest BCUT2D eigenvalue weighted by Crippen LogP contribution is 2.29.